The molecule has 1 aliphatic rings. The summed E-state index contributed by atoms with van der Waals surface area (Å²) in [6.45, 7) is 3.78. The monoisotopic (exact) mass is 214 g/mol. The summed E-state index contributed by atoms with van der Waals surface area (Å²) >= 11 is 0. The fraction of sp³-hybridized carbons (Fsp3) is 0.917. The van der Waals surface area contributed by atoms with Crippen LogP contribution in [0.2, 0.25) is 0 Å². The van der Waals surface area contributed by atoms with Crippen molar-refractivity contribution in [1.29, 1.82) is 0 Å². The van der Waals surface area contributed by atoms with Gasteiger partial charge in [-0.3, -0.25) is 4.79 Å². The molecule has 0 aromatic carbocycles. The van der Waals surface area contributed by atoms with E-state index in [-0.39, 0.29) is 11.9 Å². The van der Waals surface area contributed by atoms with Crippen molar-refractivity contribution in [2.24, 2.45) is 5.92 Å². The molecule has 0 unspecified atom stereocenters. The molecule has 0 radical (unpaired) electrons. The molecule has 0 bridgehead atoms. The van der Waals surface area contributed by atoms with Crippen LogP contribution in [0.1, 0.15) is 52.4 Å². The lowest BCUT2D eigenvalue weighted by molar-refractivity contribution is -0.150. The summed E-state index contributed by atoms with van der Waals surface area (Å²) in [5.41, 5.74) is -0.743. The number of hydrogen-bond acceptors (Lipinski definition) is 3. The van der Waals surface area contributed by atoms with Crippen LogP contribution in [-0.2, 0) is 9.53 Å². The molecule has 0 amide bonds. The van der Waals surface area contributed by atoms with Gasteiger partial charge < -0.3 is 9.84 Å². The summed E-state index contributed by atoms with van der Waals surface area (Å²) in [5, 5.41) is 9.45. The molecule has 3 heteroatoms. The standard InChI is InChI=1S/C12H22O3/c1-12(2,14)8-9-15-11(13)10-6-4-3-5-7-10/h10,14H,3-9H2,1-2H3. The normalized spacial score (nSPS) is 18.9. The SMILES string of the molecule is CC(C)(O)CCOC(=O)C1CCCCC1. The number of hydrogen-bond donors (Lipinski definition) is 1. The third-order valence-electron chi connectivity index (χ3n) is 2.90. The van der Waals surface area contributed by atoms with E-state index in [1.165, 1.54) is 6.42 Å². The molecule has 1 aliphatic carbocycles. The molecular weight excluding hydrogens is 192 g/mol. The molecule has 0 aromatic heterocycles. The van der Waals surface area contributed by atoms with Crippen LogP contribution in [0.4, 0.5) is 0 Å². The fourth-order valence-corrected chi connectivity index (χ4v) is 1.86. The summed E-state index contributed by atoms with van der Waals surface area (Å²) in [4.78, 5) is 11.6. The highest BCUT2D eigenvalue weighted by molar-refractivity contribution is 5.72. The van der Waals surface area contributed by atoms with Crippen molar-refractivity contribution in [3.63, 3.8) is 0 Å². The average molecular weight is 214 g/mol. The minimum absolute atomic E-state index is 0.0704. The van der Waals surface area contributed by atoms with E-state index in [1.807, 2.05) is 0 Å². The summed E-state index contributed by atoms with van der Waals surface area (Å²) in [7, 11) is 0. The van der Waals surface area contributed by atoms with Gasteiger partial charge in [0.05, 0.1) is 18.1 Å². The van der Waals surface area contributed by atoms with Gasteiger partial charge in [-0.2, -0.15) is 0 Å². The molecule has 0 spiro atoms. The van der Waals surface area contributed by atoms with Crippen molar-refractivity contribution < 1.29 is 14.6 Å². The van der Waals surface area contributed by atoms with Gasteiger partial charge in [0.15, 0.2) is 0 Å². The molecule has 15 heavy (non-hydrogen) atoms. The molecule has 0 saturated heterocycles. The molecule has 3 nitrogen and oxygen atoms in total. The number of rotatable bonds is 4. The van der Waals surface area contributed by atoms with Gasteiger partial charge in [0.25, 0.3) is 0 Å². The van der Waals surface area contributed by atoms with Crippen LogP contribution >= 0.6 is 0 Å². The quantitative estimate of drug-likeness (QED) is 0.730. The van der Waals surface area contributed by atoms with Gasteiger partial charge in [-0.1, -0.05) is 19.3 Å². The van der Waals surface area contributed by atoms with E-state index in [1.54, 1.807) is 13.8 Å². The Morgan fingerprint density at radius 3 is 2.47 bits per heavy atom. The van der Waals surface area contributed by atoms with Crippen molar-refractivity contribution in [1.82, 2.24) is 0 Å². The van der Waals surface area contributed by atoms with E-state index in [9.17, 15) is 9.90 Å². The number of carbonyl (C=O) groups is 1. The van der Waals surface area contributed by atoms with Crippen molar-refractivity contribution in [2.75, 3.05) is 6.61 Å². The number of ether oxygens (including phenoxy) is 1. The van der Waals surface area contributed by atoms with Gasteiger partial charge in [0, 0.05) is 6.42 Å². The first-order valence-corrected chi connectivity index (χ1v) is 5.88. The van der Waals surface area contributed by atoms with E-state index in [2.05, 4.69) is 0 Å². The minimum atomic E-state index is -0.743. The Kier molecular flexibility index (Phi) is 4.58. The smallest absolute Gasteiger partial charge is 0.308 e. The zero-order chi connectivity index (χ0) is 11.3. The molecule has 0 heterocycles. The highest BCUT2D eigenvalue weighted by Gasteiger charge is 2.23. The minimum Gasteiger partial charge on any atom is -0.465 e. The van der Waals surface area contributed by atoms with Gasteiger partial charge in [-0.05, 0) is 26.7 Å². The molecule has 1 N–H and O–H groups in total. The maximum absolute atomic E-state index is 11.6. The highest BCUT2D eigenvalue weighted by Crippen LogP contribution is 2.24. The van der Waals surface area contributed by atoms with Crippen LogP contribution < -0.4 is 0 Å². The van der Waals surface area contributed by atoms with Crippen molar-refractivity contribution in [2.45, 2.75) is 58.0 Å². The predicted octanol–water partition coefficient (Wildman–Crippen LogP) is 2.27. The van der Waals surface area contributed by atoms with Gasteiger partial charge in [-0.25, -0.2) is 0 Å². The first-order chi connectivity index (χ1) is 6.99. The zero-order valence-corrected chi connectivity index (χ0v) is 9.79. The lowest BCUT2D eigenvalue weighted by Gasteiger charge is -2.21. The first-order valence-electron chi connectivity index (χ1n) is 5.88. The van der Waals surface area contributed by atoms with Gasteiger partial charge in [0.2, 0.25) is 0 Å². The van der Waals surface area contributed by atoms with Gasteiger partial charge in [0.1, 0.15) is 0 Å². The predicted molar refractivity (Wildman–Crippen MR) is 58.4 cm³/mol. The lowest BCUT2D eigenvalue weighted by atomic mass is 9.89. The third-order valence-corrected chi connectivity index (χ3v) is 2.90. The molecule has 0 atom stereocenters. The summed E-state index contributed by atoms with van der Waals surface area (Å²) in [6, 6.07) is 0. The lowest BCUT2D eigenvalue weighted by Crippen LogP contribution is -2.25. The van der Waals surface area contributed by atoms with Crippen LogP contribution in [0.5, 0.6) is 0 Å². The third kappa shape index (κ3) is 5.17. The molecule has 0 aromatic rings. The Morgan fingerprint density at radius 2 is 1.93 bits per heavy atom. The van der Waals surface area contributed by atoms with E-state index >= 15 is 0 Å². The second-order valence-corrected chi connectivity index (χ2v) is 5.06. The summed E-state index contributed by atoms with van der Waals surface area (Å²) < 4.78 is 5.16. The Labute approximate surface area is 91.8 Å². The molecule has 1 fully saturated rings. The number of esters is 1. The van der Waals surface area contributed by atoms with E-state index in [0.717, 1.165) is 25.7 Å². The van der Waals surface area contributed by atoms with Crippen LogP contribution in [0.25, 0.3) is 0 Å². The van der Waals surface area contributed by atoms with Crippen molar-refractivity contribution in [3.05, 3.63) is 0 Å². The Morgan fingerprint density at radius 1 is 1.33 bits per heavy atom. The zero-order valence-electron chi connectivity index (χ0n) is 9.79. The Hall–Kier alpha value is -0.570. The van der Waals surface area contributed by atoms with Crippen LogP contribution in [0.15, 0.2) is 0 Å². The first kappa shape index (κ1) is 12.5. The molecule has 1 saturated carbocycles. The van der Waals surface area contributed by atoms with Crippen molar-refractivity contribution in [3.8, 4) is 0 Å². The average Bonchev–Trinajstić information content (AvgIpc) is 2.17. The second-order valence-electron chi connectivity index (χ2n) is 5.06. The molecule has 88 valence electrons. The summed E-state index contributed by atoms with van der Waals surface area (Å²) in [5.74, 6) is 0.0412. The highest BCUT2D eigenvalue weighted by atomic mass is 16.5. The molecule has 1 rings (SSSR count). The number of aliphatic hydroxyl groups is 1. The fourth-order valence-electron chi connectivity index (χ4n) is 1.86. The largest absolute Gasteiger partial charge is 0.465 e. The van der Waals surface area contributed by atoms with Crippen LogP contribution in [0, 0.1) is 5.92 Å². The van der Waals surface area contributed by atoms with E-state index in [0.29, 0.717) is 13.0 Å². The maximum Gasteiger partial charge on any atom is 0.308 e. The van der Waals surface area contributed by atoms with Gasteiger partial charge in [-0.15, -0.1) is 0 Å². The topological polar surface area (TPSA) is 46.5 Å². The van der Waals surface area contributed by atoms with Crippen molar-refractivity contribution >= 4 is 5.97 Å². The van der Waals surface area contributed by atoms with E-state index < -0.39 is 5.60 Å². The van der Waals surface area contributed by atoms with E-state index in [4.69, 9.17) is 4.74 Å². The second kappa shape index (κ2) is 5.50. The molecular formula is C12H22O3. The van der Waals surface area contributed by atoms with Crippen LogP contribution in [0.3, 0.4) is 0 Å². The van der Waals surface area contributed by atoms with Gasteiger partial charge >= 0.3 is 5.97 Å². The number of carbonyl (C=O) groups excluding carboxylic acids is 1. The maximum atomic E-state index is 11.6. The Bertz CT molecular complexity index is 199. The van der Waals surface area contributed by atoms with Crippen LogP contribution in [-0.4, -0.2) is 23.3 Å². The summed E-state index contributed by atoms with van der Waals surface area (Å²) in [6.07, 6.45) is 5.98. The Balaban J connectivity index is 2.17. The molecule has 0 aliphatic heterocycles.